The van der Waals surface area contributed by atoms with E-state index in [9.17, 15) is 0 Å². The van der Waals surface area contributed by atoms with E-state index in [1.165, 1.54) is 5.56 Å². The third-order valence-electron chi connectivity index (χ3n) is 1.77. The maximum atomic E-state index is 5.53. The Morgan fingerprint density at radius 3 is 2.83 bits per heavy atom. The van der Waals surface area contributed by atoms with Crippen molar-refractivity contribution in [1.82, 2.24) is 4.98 Å². The summed E-state index contributed by atoms with van der Waals surface area (Å²) in [6, 6.07) is 3.91. The van der Waals surface area contributed by atoms with Gasteiger partial charge in [-0.05, 0) is 43.5 Å². The van der Waals surface area contributed by atoms with E-state index >= 15 is 0 Å². The smallest absolute Gasteiger partial charge is 0.123 e. The number of nitrogen functional groups attached to an aromatic ring is 1. The fourth-order valence-corrected chi connectivity index (χ4v) is 1.12. The summed E-state index contributed by atoms with van der Waals surface area (Å²) < 4.78 is 0. The van der Waals surface area contributed by atoms with Gasteiger partial charge in [0.1, 0.15) is 5.82 Å². The first-order chi connectivity index (χ1) is 5.83. The molecule has 1 aromatic heterocycles. The molecule has 0 amide bonds. The third kappa shape index (κ3) is 2.88. The number of hydrogen-bond acceptors (Lipinski definition) is 3. The van der Waals surface area contributed by atoms with E-state index in [1.54, 1.807) is 6.20 Å². The molecule has 0 atom stereocenters. The Bertz CT molecular complexity index is 235. The van der Waals surface area contributed by atoms with Crippen LogP contribution in [0.4, 0.5) is 5.82 Å². The van der Waals surface area contributed by atoms with Crippen molar-refractivity contribution in [1.29, 1.82) is 0 Å². The SMILES string of the molecule is NCCCCc1ccnc(N)c1. The second-order valence-corrected chi connectivity index (χ2v) is 2.83. The second-order valence-electron chi connectivity index (χ2n) is 2.83. The van der Waals surface area contributed by atoms with Gasteiger partial charge in [0.2, 0.25) is 0 Å². The summed E-state index contributed by atoms with van der Waals surface area (Å²) in [5, 5.41) is 0. The van der Waals surface area contributed by atoms with Crippen LogP contribution in [0.15, 0.2) is 18.3 Å². The van der Waals surface area contributed by atoms with Crippen LogP contribution >= 0.6 is 0 Å². The van der Waals surface area contributed by atoms with Gasteiger partial charge in [-0.25, -0.2) is 4.98 Å². The van der Waals surface area contributed by atoms with Crippen LogP contribution in [0.2, 0.25) is 0 Å². The summed E-state index contributed by atoms with van der Waals surface area (Å²) in [4.78, 5) is 3.92. The van der Waals surface area contributed by atoms with Crippen molar-refractivity contribution in [2.75, 3.05) is 12.3 Å². The summed E-state index contributed by atoms with van der Waals surface area (Å²) in [6.07, 6.45) is 4.99. The van der Waals surface area contributed by atoms with Gasteiger partial charge >= 0.3 is 0 Å². The summed E-state index contributed by atoms with van der Waals surface area (Å²) in [5.41, 5.74) is 12.2. The van der Waals surface area contributed by atoms with E-state index in [2.05, 4.69) is 4.98 Å². The number of aryl methyl sites for hydroxylation is 1. The van der Waals surface area contributed by atoms with Crippen LogP contribution < -0.4 is 11.5 Å². The van der Waals surface area contributed by atoms with Crippen LogP contribution in [-0.2, 0) is 6.42 Å². The summed E-state index contributed by atoms with van der Waals surface area (Å²) in [5.74, 6) is 0.597. The Morgan fingerprint density at radius 2 is 2.17 bits per heavy atom. The van der Waals surface area contributed by atoms with Crippen molar-refractivity contribution in [3.8, 4) is 0 Å². The fraction of sp³-hybridized carbons (Fsp3) is 0.444. The van der Waals surface area contributed by atoms with Crippen molar-refractivity contribution >= 4 is 5.82 Å². The molecule has 0 aromatic carbocycles. The van der Waals surface area contributed by atoms with E-state index in [4.69, 9.17) is 11.5 Å². The predicted molar refractivity (Wildman–Crippen MR) is 50.6 cm³/mol. The molecule has 1 heterocycles. The molecule has 3 nitrogen and oxygen atoms in total. The topological polar surface area (TPSA) is 64.9 Å². The zero-order chi connectivity index (χ0) is 8.81. The van der Waals surface area contributed by atoms with Gasteiger partial charge < -0.3 is 11.5 Å². The van der Waals surface area contributed by atoms with Gasteiger partial charge in [-0.3, -0.25) is 0 Å². The summed E-state index contributed by atoms with van der Waals surface area (Å²) >= 11 is 0. The Hall–Kier alpha value is -1.09. The van der Waals surface area contributed by atoms with Crippen LogP contribution in [0.5, 0.6) is 0 Å². The molecule has 0 aliphatic carbocycles. The average Bonchev–Trinajstić information content (AvgIpc) is 2.05. The first kappa shape index (κ1) is 9.00. The first-order valence-electron chi connectivity index (χ1n) is 4.23. The van der Waals surface area contributed by atoms with Crippen molar-refractivity contribution in [3.05, 3.63) is 23.9 Å². The number of nitrogens with zero attached hydrogens (tertiary/aromatic N) is 1. The Labute approximate surface area is 72.8 Å². The van der Waals surface area contributed by atoms with E-state index in [0.29, 0.717) is 5.82 Å². The molecular formula is C9H15N3. The van der Waals surface area contributed by atoms with Crippen molar-refractivity contribution in [2.45, 2.75) is 19.3 Å². The minimum atomic E-state index is 0.597. The van der Waals surface area contributed by atoms with Crippen molar-refractivity contribution < 1.29 is 0 Å². The molecule has 0 radical (unpaired) electrons. The Morgan fingerprint density at radius 1 is 1.33 bits per heavy atom. The monoisotopic (exact) mass is 165 g/mol. The Balaban J connectivity index is 2.41. The van der Waals surface area contributed by atoms with E-state index in [0.717, 1.165) is 25.8 Å². The predicted octanol–water partition coefficient (Wildman–Crippen LogP) is 0.945. The molecule has 0 bridgehead atoms. The molecule has 66 valence electrons. The van der Waals surface area contributed by atoms with E-state index < -0.39 is 0 Å². The zero-order valence-corrected chi connectivity index (χ0v) is 7.16. The molecule has 1 aromatic rings. The highest BCUT2D eigenvalue weighted by Gasteiger charge is 1.93. The molecule has 0 aliphatic heterocycles. The quantitative estimate of drug-likeness (QED) is 0.653. The summed E-state index contributed by atoms with van der Waals surface area (Å²) in [7, 11) is 0. The molecule has 1 rings (SSSR count). The molecule has 0 fully saturated rings. The molecular weight excluding hydrogens is 150 g/mol. The van der Waals surface area contributed by atoms with Gasteiger partial charge in [0.25, 0.3) is 0 Å². The maximum absolute atomic E-state index is 5.53. The molecule has 0 unspecified atom stereocenters. The van der Waals surface area contributed by atoms with Crippen LogP contribution in [0.3, 0.4) is 0 Å². The average molecular weight is 165 g/mol. The molecule has 12 heavy (non-hydrogen) atoms. The van der Waals surface area contributed by atoms with Gasteiger partial charge in [-0.2, -0.15) is 0 Å². The molecule has 0 saturated carbocycles. The maximum Gasteiger partial charge on any atom is 0.123 e. The minimum Gasteiger partial charge on any atom is -0.384 e. The highest BCUT2D eigenvalue weighted by atomic mass is 14.8. The van der Waals surface area contributed by atoms with Gasteiger partial charge in [-0.1, -0.05) is 0 Å². The lowest BCUT2D eigenvalue weighted by Crippen LogP contribution is -1.99. The summed E-state index contributed by atoms with van der Waals surface area (Å²) in [6.45, 7) is 0.764. The second kappa shape index (κ2) is 4.72. The van der Waals surface area contributed by atoms with Gasteiger partial charge in [-0.15, -0.1) is 0 Å². The number of aromatic nitrogens is 1. The normalized spacial score (nSPS) is 10.1. The fourth-order valence-electron chi connectivity index (χ4n) is 1.12. The molecule has 4 N–H and O–H groups in total. The van der Waals surface area contributed by atoms with Crippen LogP contribution in [0.25, 0.3) is 0 Å². The highest BCUT2D eigenvalue weighted by Crippen LogP contribution is 2.06. The van der Waals surface area contributed by atoms with Crippen LogP contribution in [0, 0.1) is 0 Å². The molecule has 3 heteroatoms. The largest absolute Gasteiger partial charge is 0.384 e. The van der Waals surface area contributed by atoms with Crippen LogP contribution in [0.1, 0.15) is 18.4 Å². The molecule has 0 aliphatic rings. The number of rotatable bonds is 4. The van der Waals surface area contributed by atoms with Gasteiger partial charge in [0, 0.05) is 6.20 Å². The lowest BCUT2D eigenvalue weighted by atomic mass is 10.1. The van der Waals surface area contributed by atoms with Crippen LogP contribution in [-0.4, -0.2) is 11.5 Å². The molecule has 0 saturated heterocycles. The van der Waals surface area contributed by atoms with Gasteiger partial charge in [0.15, 0.2) is 0 Å². The highest BCUT2D eigenvalue weighted by molar-refractivity contribution is 5.31. The standard InChI is InChI=1S/C9H15N3/c10-5-2-1-3-8-4-6-12-9(11)7-8/h4,6-7H,1-3,5,10H2,(H2,11,12). The van der Waals surface area contributed by atoms with E-state index in [1.807, 2.05) is 12.1 Å². The number of anilines is 1. The molecule has 0 spiro atoms. The number of nitrogens with two attached hydrogens (primary N) is 2. The van der Waals surface area contributed by atoms with Gasteiger partial charge in [0.05, 0.1) is 0 Å². The minimum absolute atomic E-state index is 0.597. The first-order valence-corrected chi connectivity index (χ1v) is 4.23. The zero-order valence-electron chi connectivity index (χ0n) is 7.16. The lowest BCUT2D eigenvalue weighted by molar-refractivity contribution is 0.744. The van der Waals surface area contributed by atoms with E-state index in [-0.39, 0.29) is 0 Å². The lowest BCUT2D eigenvalue weighted by Gasteiger charge is -2.00. The Kier molecular flexibility index (Phi) is 3.54. The number of pyridine rings is 1. The van der Waals surface area contributed by atoms with Crippen molar-refractivity contribution in [2.24, 2.45) is 5.73 Å². The number of hydrogen-bond donors (Lipinski definition) is 2. The van der Waals surface area contributed by atoms with Crippen molar-refractivity contribution in [3.63, 3.8) is 0 Å². The third-order valence-corrected chi connectivity index (χ3v) is 1.77. The number of unbranched alkanes of at least 4 members (excludes halogenated alkanes) is 1.